The molecule has 1 fully saturated rings. The monoisotopic (exact) mass is 295 g/mol. The molecule has 1 heterocycles. The Balaban J connectivity index is 2.99. The highest BCUT2D eigenvalue weighted by molar-refractivity contribution is 5.74. The van der Waals surface area contributed by atoms with Crippen LogP contribution in [-0.4, -0.2) is 82.6 Å². The summed E-state index contributed by atoms with van der Waals surface area (Å²) in [6.07, 6.45) is -6.26. The quantitative estimate of drug-likeness (QED) is 0.209. The van der Waals surface area contributed by atoms with E-state index in [2.05, 4.69) is 5.29 Å². The van der Waals surface area contributed by atoms with Gasteiger partial charge in [0.15, 0.2) is 0 Å². The van der Waals surface area contributed by atoms with Crippen LogP contribution in [0.25, 0.3) is 0 Å². The largest absolute Gasteiger partial charge is 0.394 e. The number of methoxy groups -OCH3 is 1. The lowest BCUT2D eigenvalue weighted by Crippen LogP contribution is -2.74. The number of nitroso groups, excluding NO2 is 1. The Labute approximate surface area is 113 Å². The highest BCUT2D eigenvalue weighted by Gasteiger charge is 2.56. The number of amides is 2. The van der Waals surface area contributed by atoms with Gasteiger partial charge in [-0.1, -0.05) is 0 Å². The van der Waals surface area contributed by atoms with Crippen molar-refractivity contribution in [2.24, 2.45) is 5.29 Å². The highest BCUT2D eigenvalue weighted by Crippen LogP contribution is 2.29. The van der Waals surface area contributed by atoms with Crippen LogP contribution in [0, 0.1) is 4.91 Å². The summed E-state index contributed by atoms with van der Waals surface area (Å²) in [6.45, 7) is -0.641. The van der Waals surface area contributed by atoms with Crippen LogP contribution in [-0.2, 0) is 9.47 Å². The Morgan fingerprint density at radius 1 is 1.55 bits per heavy atom. The van der Waals surface area contributed by atoms with Crippen molar-refractivity contribution in [1.82, 2.24) is 10.3 Å². The zero-order valence-corrected chi connectivity index (χ0v) is 10.8. The number of rotatable bonds is 4. The minimum atomic E-state index is -2.53. The summed E-state index contributed by atoms with van der Waals surface area (Å²) in [7, 11) is 2.12. The van der Waals surface area contributed by atoms with Gasteiger partial charge in [-0.05, 0) is 0 Å². The maximum Gasteiger partial charge on any atom is 0.342 e. The lowest BCUT2D eigenvalue weighted by Gasteiger charge is -2.47. The second-order valence-corrected chi connectivity index (χ2v) is 4.22. The average Bonchev–Trinajstić information content (AvgIpc) is 2.42. The molecule has 0 bridgehead atoms. The molecule has 5 atom stereocenters. The number of hydrogen-bond donors (Lipinski definition) is 5. The second-order valence-electron chi connectivity index (χ2n) is 4.22. The van der Waals surface area contributed by atoms with Crippen LogP contribution >= 0.6 is 0 Å². The van der Waals surface area contributed by atoms with Crippen molar-refractivity contribution in [2.45, 2.75) is 30.3 Å². The second kappa shape index (κ2) is 6.39. The predicted octanol–water partition coefficient (Wildman–Crippen LogP) is -2.92. The fourth-order valence-corrected chi connectivity index (χ4v) is 1.84. The predicted molar refractivity (Wildman–Crippen MR) is 61.8 cm³/mol. The van der Waals surface area contributed by atoms with E-state index in [-0.39, 0.29) is 0 Å². The molecule has 1 saturated heterocycles. The Morgan fingerprint density at radius 3 is 2.60 bits per heavy atom. The molecule has 20 heavy (non-hydrogen) atoms. The third kappa shape index (κ3) is 2.87. The number of aliphatic hydroxyl groups is 4. The maximum absolute atomic E-state index is 11.5. The van der Waals surface area contributed by atoms with Gasteiger partial charge in [0.05, 0.1) is 11.9 Å². The van der Waals surface area contributed by atoms with E-state index in [1.165, 1.54) is 0 Å². The molecule has 0 radical (unpaired) electrons. The first-order valence-corrected chi connectivity index (χ1v) is 5.58. The highest BCUT2D eigenvalue weighted by atomic mass is 16.7. The molecule has 2 amide bonds. The summed E-state index contributed by atoms with van der Waals surface area (Å²) >= 11 is 0. The summed E-state index contributed by atoms with van der Waals surface area (Å²) in [5, 5.41) is 43.3. The lowest BCUT2D eigenvalue weighted by molar-refractivity contribution is -0.338. The first-order valence-electron chi connectivity index (χ1n) is 5.58. The van der Waals surface area contributed by atoms with Gasteiger partial charge in [0, 0.05) is 14.2 Å². The SMILES string of the molecule is COC1C(O)C(CO)OC(O)C1(O)NC(=O)N(C)N=O. The van der Waals surface area contributed by atoms with Crippen molar-refractivity contribution in [1.29, 1.82) is 0 Å². The topological polar surface area (TPSA) is 161 Å². The molecule has 0 aliphatic carbocycles. The number of nitrogens with zero attached hydrogens (tertiary/aromatic N) is 2. The smallest absolute Gasteiger partial charge is 0.342 e. The summed E-state index contributed by atoms with van der Waals surface area (Å²) < 4.78 is 9.64. The Hall–Kier alpha value is -1.37. The van der Waals surface area contributed by atoms with E-state index in [0.29, 0.717) is 5.01 Å². The molecule has 0 saturated carbocycles. The van der Waals surface area contributed by atoms with E-state index in [1.54, 1.807) is 0 Å². The van der Waals surface area contributed by atoms with Crippen molar-refractivity contribution in [3.05, 3.63) is 4.91 Å². The van der Waals surface area contributed by atoms with Crippen molar-refractivity contribution in [3.8, 4) is 0 Å². The Bertz CT molecular complexity index is 369. The molecular weight excluding hydrogens is 278 g/mol. The van der Waals surface area contributed by atoms with Crippen LogP contribution in [0.3, 0.4) is 0 Å². The fourth-order valence-electron chi connectivity index (χ4n) is 1.84. The van der Waals surface area contributed by atoms with Crippen LogP contribution in [0.5, 0.6) is 0 Å². The number of nitrogens with one attached hydrogen (secondary N) is 1. The number of hydrogen-bond acceptors (Lipinski definition) is 9. The van der Waals surface area contributed by atoms with E-state index in [9.17, 15) is 25.0 Å². The van der Waals surface area contributed by atoms with Gasteiger partial charge >= 0.3 is 6.03 Å². The van der Waals surface area contributed by atoms with E-state index >= 15 is 0 Å². The van der Waals surface area contributed by atoms with Crippen LogP contribution in [0.4, 0.5) is 4.79 Å². The van der Waals surface area contributed by atoms with Crippen LogP contribution in [0.1, 0.15) is 0 Å². The summed E-state index contributed by atoms with van der Waals surface area (Å²) in [6, 6.07) is -1.15. The number of ether oxygens (including phenoxy) is 2. The van der Waals surface area contributed by atoms with Gasteiger partial charge in [0.25, 0.3) is 0 Å². The molecular formula is C9H17N3O8. The molecule has 0 aromatic carbocycles. The summed E-state index contributed by atoms with van der Waals surface area (Å²) in [5.41, 5.74) is -2.53. The summed E-state index contributed by atoms with van der Waals surface area (Å²) in [5.74, 6) is 0. The molecule has 0 aromatic rings. The van der Waals surface area contributed by atoms with E-state index < -0.39 is 43.0 Å². The van der Waals surface area contributed by atoms with E-state index in [4.69, 9.17) is 14.6 Å². The first kappa shape index (κ1) is 16.7. The zero-order valence-electron chi connectivity index (χ0n) is 10.8. The van der Waals surface area contributed by atoms with Gasteiger partial charge in [-0.15, -0.1) is 4.91 Å². The normalized spacial score (nSPS) is 37.3. The molecule has 116 valence electrons. The fraction of sp³-hybridized carbons (Fsp3) is 0.889. The van der Waals surface area contributed by atoms with E-state index in [0.717, 1.165) is 14.2 Å². The molecule has 5 unspecified atom stereocenters. The zero-order chi connectivity index (χ0) is 15.5. The first-order chi connectivity index (χ1) is 9.31. The van der Waals surface area contributed by atoms with Gasteiger partial charge in [-0.2, -0.15) is 5.01 Å². The molecule has 1 aliphatic heterocycles. The minimum absolute atomic E-state index is 0.321. The molecule has 1 rings (SSSR count). The van der Waals surface area contributed by atoms with Crippen molar-refractivity contribution in [3.63, 3.8) is 0 Å². The maximum atomic E-state index is 11.5. The van der Waals surface area contributed by atoms with Crippen LogP contribution in [0.15, 0.2) is 5.29 Å². The molecule has 11 nitrogen and oxygen atoms in total. The molecule has 5 N–H and O–H groups in total. The van der Waals surface area contributed by atoms with Crippen LogP contribution < -0.4 is 5.32 Å². The summed E-state index contributed by atoms with van der Waals surface area (Å²) in [4.78, 5) is 21.7. The molecule has 0 aromatic heterocycles. The molecule has 0 spiro atoms. The van der Waals surface area contributed by atoms with Gasteiger partial charge < -0.3 is 35.2 Å². The molecule has 1 aliphatic rings. The van der Waals surface area contributed by atoms with Crippen molar-refractivity contribution < 1.29 is 34.7 Å². The number of carbonyl (C=O) groups excluding carboxylic acids is 1. The average molecular weight is 295 g/mol. The number of urea groups is 1. The van der Waals surface area contributed by atoms with Gasteiger partial charge in [0.1, 0.15) is 18.3 Å². The number of aliphatic hydroxyl groups excluding tert-OH is 3. The standard InChI is InChI=1S/C9H17N3O8/c1-12(11-18)8(16)10-9(17)6(19-2)5(14)4(3-13)20-7(9)15/h4-7,13-15,17H,3H2,1-2H3,(H,10,16). The van der Waals surface area contributed by atoms with Gasteiger partial charge in [-0.3, -0.25) is 0 Å². The van der Waals surface area contributed by atoms with Gasteiger partial charge in [-0.25, -0.2) is 4.79 Å². The number of carbonyl (C=O) groups is 1. The van der Waals surface area contributed by atoms with Crippen molar-refractivity contribution in [2.75, 3.05) is 20.8 Å². The van der Waals surface area contributed by atoms with Crippen LogP contribution in [0.2, 0.25) is 0 Å². The van der Waals surface area contributed by atoms with E-state index in [1.807, 2.05) is 5.32 Å². The minimum Gasteiger partial charge on any atom is -0.394 e. The Kier molecular flexibility index (Phi) is 5.33. The molecule has 11 heteroatoms. The van der Waals surface area contributed by atoms with Gasteiger partial charge in [0.2, 0.25) is 12.0 Å². The van der Waals surface area contributed by atoms with Crippen molar-refractivity contribution >= 4 is 6.03 Å². The third-order valence-electron chi connectivity index (χ3n) is 2.96. The third-order valence-corrected chi connectivity index (χ3v) is 2.96. The Morgan fingerprint density at radius 2 is 2.15 bits per heavy atom. The lowest BCUT2D eigenvalue weighted by atomic mass is 9.93.